The third-order valence-corrected chi connectivity index (χ3v) is 2.59. The fourth-order valence-electron chi connectivity index (χ4n) is 0.511. The van der Waals surface area contributed by atoms with Crippen LogP contribution in [-0.2, 0) is 10.0 Å². The van der Waals surface area contributed by atoms with Crippen LogP contribution in [0.15, 0.2) is 0 Å². The third kappa shape index (κ3) is 4.72. The minimum absolute atomic E-state index is 0.268. The molecule has 0 aliphatic rings. The van der Waals surface area contributed by atoms with Crippen LogP contribution < -0.4 is 10.5 Å². The molecule has 0 aliphatic carbocycles. The minimum Gasteiger partial charge on any atom is -0.329 e. The number of rotatable bonds is 6. The van der Waals surface area contributed by atoms with Gasteiger partial charge in [-0.1, -0.05) is 0 Å². The molecule has 0 aliphatic heterocycles. The van der Waals surface area contributed by atoms with E-state index in [9.17, 15) is 26.0 Å². The van der Waals surface area contributed by atoms with Crippen molar-refractivity contribution in [1.29, 1.82) is 0 Å². The average molecular weight is 238 g/mol. The molecule has 0 saturated heterocycles. The van der Waals surface area contributed by atoms with Crippen molar-refractivity contribution in [1.82, 2.24) is 4.72 Å². The van der Waals surface area contributed by atoms with Crippen LogP contribution in [0.5, 0.6) is 0 Å². The smallest absolute Gasteiger partial charge is 0.320 e. The second-order valence-corrected chi connectivity index (χ2v) is 4.42. The molecule has 0 fully saturated rings. The maximum absolute atomic E-state index is 12.2. The second kappa shape index (κ2) is 4.89. The van der Waals surface area contributed by atoms with Crippen LogP contribution in [0.2, 0.25) is 0 Å². The van der Waals surface area contributed by atoms with E-state index in [0.29, 0.717) is 0 Å². The summed E-state index contributed by atoms with van der Waals surface area (Å²) in [4.78, 5) is 0. The highest BCUT2D eigenvalue weighted by molar-refractivity contribution is 7.89. The van der Waals surface area contributed by atoms with Gasteiger partial charge in [-0.2, -0.15) is 8.78 Å². The normalized spacial score (nSPS) is 13.6. The molecule has 0 aromatic heterocycles. The summed E-state index contributed by atoms with van der Waals surface area (Å²) in [5.74, 6) is -4.94. The number of nitrogens with two attached hydrogens (primary N) is 1. The van der Waals surface area contributed by atoms with E-state index in [1.54, 1.807) is 0 Å². The van der Waals surface area contributed by atoms with Crippen LogP contribution >= 0.6 is 0 Å². The molecule has 0 rings (SSSR count). The Kier molecular flexibility index (Phi) is 4.75. The zero-order valence-electron chi connectivity index (χ0n) is 7.01. The summed E-state index contributed by atoms with van der Waals surface area (Å²) in [5.41, 5.74) is 4.86. The molecule has 14 heavy (non-hydrogen) atoms. The number of nitrogens with one attached hydrogen (secondary N) is 1. The molecule has 0 heterocycles. The predicted octanol–water partition coefficient (Wildman–Crippen LogP) is -0.235. The Labute approximate surface area is 78.5 Å². The van der Waals surface area contributed by atoms with Gasteiger partial charge in [-0.3, -0.25) is 0 Å². The summed E-state index contributed by atoms with van der Waals surface area (Å²) in [6.45, 7) is -1.89. The Morgan fingerprint density at radius 1 is 1.36 bits per heavy atom. The molecule has 0 bridgehead atoms. The van der Waals surface area contributed by atoms with Crippen molar-refractivity contribution in [2.75, 3.05) is 18.8 Å². The van der Waals surface area contributed by atoms with Crippen molar-refractivity contribution >= 4 is 10.0 Å². The largest absolute Gasteiger partial charge is 0.329 e. The van der Waals surface area contributed by atoms with Crippen molar-refractivity contribution in [2.45, 2.75) is 12.3 Å². The fourth-order valence-corrected chi connectivity index (χ4v) is 1.38. The van der Waals surface area contributed by atoms with Crippen molar-refractivity contribution in [3.8, 4) is 0 Å². The Balaban J connectivity index is 4.19. The van der Waals surface area contributed by atoms with Gasteiger partial charge in [0.15, 0.2) is 0 Å². The molecule has 3 N–H and O–H groups in total. The number of alkyl halides is 4. The van der Waals surface area contributed by atoms with E-state index in [4.69, 9.17) is 5.73 Å². The van der Waals surface area contributed by atoms with Crippen molar-refractivity contribution in [2.24, 2.45) is 5.73 Å². The lowest BCUT2D eigenvalue weighted by atomic mass is 10.4. The fraction of sp³-hybridized carbons (Fsp3) is 1.00. The minimum atomic E-state index is -4.36. The maximum Gasteiger partial charge on any atom is 0.320 e. The summed E-state index contributed by atoms with van der Waals surface area (Å²) in [6.07, 6.45) is -3.90. The topological polar surface area (TPSA) is 72.2 Å². The molecule has 0 spiro atoms. The first kappa shape index (κ1) is 13.6. The van der Waals surface area contributed by atoms with E-state index < -0.39 is 34.7 Å². The van der Waals surface area contributed by atoms with E-state index >= 15 is 0 Å². The van der Waals surface area contributed by atoms with Gasteiger partial charge in [0.2, 0.25) is 10.0 Å². The average Bonchev–Trinajstić information content (AvgIpc) is 2.01. The van der Waals surface area contributed by atoms with Crippen molar-refractivity contribution in [3.05, 3.63) is 0 Å². The highest BCUT2D eigenvalue weighted by Gasteiger charge is 2.41. The standard InChI is InChI=1S/C5H10F4N2O2S/c6-4(7)5(8,9)3-11-14(12,13)2-1-10/h4,11H,1-3,10H2. The molecule has 0 atom stereocenters. The van der Waals surface area contributed by atoms with Crippen LogP contribution in [0, 0.1) is 0 Å². The molecular weight excluding hydrogens is 228 g/mol. The van der Waals surface area contributed by atoms with Crippen LogP contribution in [0.25, 0.3) is 0 Å². The van der Waals surface area contributed by atoms with Gasteiger partial charge in [0, 0.05) is 6.54 Å². The lowest BCUT2D eigenvalue weighted by Crippen LogP contribution is -2.42. The third-order valence-electron chi connectivity index (χ3n) is 1.23. The van der Waals surface area contributed by atoms with Gasteiger partial charge in [0.1, 0.15) is 0 Å². The Morgan fingerprint density at radius 3 is 2.21 bits per heavy atom. The van der Waals surface area contributed by atoms with Gasteiger partial charge in [0.25, 0.3) is 0 Å². The van der Waals surface area contributed by atoms with E-state index in [0.717, 1.165) is 0 Å². The van der Waals surface area contributed by atoms with Crippen molar-refractivity contribution in [3.63, 3.8) is 0 Å². The highest BCUT2D eigenvalue weighted by atomic mass is 32.2. The van der Waals surface area contributed by atoms with Gasteiger partial charge in [-0.25, -0.2) is 21.9 Å². The molecule has 9 heteroatoms. The van der Waals surface area contributed by atoms with E-state index in [2.05, 4.69) is 0 Å². The first-order chi connectivity index (χ1) is 6.21. The summed E-state index contributed by atoms with van der Waals surface area (Å²) in [5, 5.41) is 0. The zero-order chi connectivity index (χ0) is 11.4. The van der Waals surface area contributed by atoms with Crippen LogP contribution in [-0.4, -0.2) is 39.6 Å². The quantitative estimate of drug-likeness (QED) is 0.627. The zero-order valence-corrected chi connectivity index (χ0v) is 7.83. The Hall–Kier alpha value is -0.410. The Morgan fingerprint density at radius 2 is 1.86 bits per heavy atom. The first-order valence-corrected chi connectivity index (χ1v) is 5.20. The molecule has 0 aromatic carbocycles. The molecule has 0 amide bonds. The van der Waals surface area contributed by atoms with Crippen LogP contribution in [0.3, 0.4) is 0 Å². The molecule has 4 nitrogen and oxygen atoms in total. The van der Waals surface area contributed by atoms with Gasteiger partial charge in [-0.05, 0) is 0 Å². The number of hydrogen-bond acceptors (Lipinski definition) is 3. The highest BCUT2D eigenvalue weighted by Crippen LogP contribution is 2.21. The Bertz CT molecular complexity index is 267. The van der Waals surface area contributed by atoms with Crippen LogP contribution in [0.4, 0.5) is 17.6 Å². The van der Waals surface area contributed by atoms with E-state index in [1.807, 2.05) is 0 Å². The predicted molar refractivity (Wildman–Crippen MR) is 41.8 cm³/mol. The lowest BCUT2D eigenvalue weighted by molar-refractivity contribution is -0.122. The SMILES string of the molecule is NCCS(=O)(=O)NCC(F)(F)C(F)F. The monoisotopic (exact) mass is 238 g/mol. The number of sulfonamides is 1. The molecule has 0 radical (unpaired) electrons. The number of halogens is 4. The van der Waals surface area contributed by atoms with E-state index in [-0.39, 0.29) is 6.54 Å². The summed E-state index contributed by atoms with van der Waals surface area (Å²) < 4.78 is 70.4. The summed E-state index contributed by atoms with van der Waals surface area (Å²) >= 11 is 0. The molecule has 0 saturated carbocycles. The molecule has 0 aromatic rings. The molecular formula is C5H10F4N2O2S. The van der Waals surface area contributed by atoms with Crippen LogP contribution in [0.1, 0.15) is 0 Å². The first-order valence-electron chi connectivity index (χ1n) is 3.54. The van der Waals surface area contributed by atoms with Gasteiger partial charge >= 0.3 is 12.3 Å². The second-order valence-electron chi connectivity index (χ2n) is 2.49. The van der Waals surface area contributed by atoms with Gasteiger partial charge in [0.05, 0.1) is 12.3 Å². The van der Waals surface area contributed by atoms with Gasteiger partial charge in [-0.15, -0.1) is 0 Å². The lowest BCUT2D eigenvalue weighted by Gasteiger charge is -2.15. The van der Waals surface area contributed by atoms with E-state index in [1.165, 1.54) is 4.72 Å². The molecule has 86 valence electrons. The summed E-state index contributed by atoms with van der Waals surface area (Å²) in [7, 11) is -3.99. The molecule has 0 unspecified atom stereocenters. The van der Waals surface area contributed by atoms with Crippen molar-refractivity contribution < 1.29 is 26.0 Å². The summed E-state index contributed by atoms with van der Waals surface area (Å²) in [6, 6.07) is 0. The number of hydrogen-bond donors (Lipinski definition) is 2. The van der Waals surface area contributed by atoms with Gasteiger partial charge < -0.3 is 5.73 Å². The maximum atomic E-state index is 12.2.